The molecular weight excluding hydrogens is 449 g/mol. The van der Waals surface area contributed by atoms with Crippen molar-refractivity contribution < 1.29 is 13.7 Å². The SMILES string of the molecule is CC1(c2noc([C@@H]3C[C@@H]3F)n2)CCN(C(=O)Nc2c(C#N)cccc2-c2cnn3c2CCC3)CC1. The molecule has 3 aromatic rings. The minimum Gasteiger partial charge on any atom is -0.339 e. The molecule has 180 valence electrons. The van der Waals surface area contributed by atoms with Gasteiger partial charge < -0.3 is 14.7 Å². The van der Waals surface area contributed by atoms with Gasteiger partial charge in [0.2, 0.25) is 5.89 Å². The molecule has 2 amide bonds. The monoisotopic (exact) mass is 475 g/mol. The number of aryl methyl sites for hydroxylation is 1. The van der Waals surface area contributed by atoms with Crippen LogP contribution >= 0.6 is 0 Å². The number of alkyl halides is 1. The van der Waals surface area contributed by atoms with Crippen molar-refractivity contribution in [3.8, 4) is 17.2 Å². The van der Waals surface area contributed by atoms with Crippen LogP contribution in [0, 0.1) is 11.3 Å². The lowest BCUT2D eigenvalue weighted by atomic mass is 9.80. The van der Waals surface area contributed by atoms with Crippen LogP contribution in [0.3, 0.4) is 0 Å². The number of rotatable bonds is 4. The lowest BCUT2D eigenvalue weighted by Gasteiger charge is -2.37. The number of para-hydroxylation sites is 1. The number of nitrogens with one attached hydrogen (secondary N) is 1. The number of piperidine rings is 1. The van der Waals surface area contributed by atoms with Gasteiger partial charge in [-0.05, 0) is 38.2 Å². The van der Waals surface area contributed by atoms with Gasteiger partial charge in [-0.2, -0.15) is 15.3 Å². The van der Waals surface area contributed by atoms with E-state index in [1.807, 2.05) is 23.0 Å². The maximum atomic E-state index is 13.4. The first kappa shape index (κ1) is 21.8. The molecule has 2 aromatic heterocycles. The second kappa shape index (κ2) is 8.18. The van der Waals surface area contributed by atoms with Crippen LogP contribution in [0.2, 0.25) is 0 Å². The third kappa shape index (κ3) is 3.75. The van der Waals surface area contributed by atoms with E-state index in [9.17, 15) is 14.4 Å². The van der Waals surface area contributed by atoms with E-state index < -0.39 is 6.17 Å². The molecule has 10 heteroatoms. The number of likely N-dealkylation sites (tertiary alicyclic amines) is 1. The Balaban J connectivity index is 1.18. The minimum atomic E-state index is -0.883. The van der Waals surface area contributed by atoms with Gasteiger partial charge in [0.05, 0.1) is 23.4 Å². The zero-order valence-corrected chi connectivity index (χ0v) is 19.5. The van der Waals surface area contributed by atoms with Crippen molar-refractivity contribution in [2.45, 2.75) is 63.1 Å². The van der Waals surface area contributed by atoms with E-state index in [1.165, 1.54) is 0 Å². The topological polar surface area (TPSA) is 113 Å². The summed E-state index contributed by atoms with van der Waals surface area (Å²) in [6, 6.07) is 7.44. The molecule has 1 aliphatic carbocycles. The van der Waals surface area contributed by atoms with Crippen LogP contribution in [0.15, 0.2) is 28.9 Å². The molecule has 2 atom stereocenters. The van der Waals surface area contributed by atoms with Crippen LogP contribution in [0.4, 0.5) is 14.9 Å². The summed E-state index contributed by atoms with van der Waals surface area (Å²) in [4.78, 5) is 19.5. The van der Waals surface area contributed by atoms with Gasteiger partial charge in [0.1, 0.15) is 12.2 Å². The number of anilines is 1. The summed E-state index contributed by atoms with van der Waals surface area (Å²) in [6.07, 6.45) is 4.67. The summed E-state index contributed by atoms with van der Waals surface area (Å²) in [5.74, 6) is 0.692. The highest BCUT2D eigenvalue weighted by Crippen LogP contribution is 2.44. The number of urea groups is 1. The summed E-state index contributed by atoms with van der Waals surface area (Å²) < 4.78 is 20.7. The normalized spacial score (nSPS) is 22.5. The number of carbonyl (C=O) groups excluding carboxylic acids is 1. The van der Waals surface area contributed by atoms with Crippen molar-refractivity contribution in [2.24, 2.45) is 0 Å². The Kier molecular flexibility index (Phi) is 5.09. The van der Waals surface area contributed by atoms with E-state index in [-0.39, 0.29) is 17.4 Å². The molecule has 1 saturated carbocycles. The van der Waals surface area contributed by atoms with Crippen LogP contribution < -0.4 is 5.32 Å². The molecule has 9 nitrogen and oxygen atoms in total. The zero-order chi connectivity index (χ0) is 24.2. The van der Waals surface area contributed by atoms with Crippen LogP contribution in [0.1, 0.15) is 61.5 Å². The van der Waals surface area contributed by atoms with Crippen molar-refractivity contribution >= 4 is 11.7 Å². The second-order valence-electron chi connectivity index (χ2n) is 9.96. The number of benzene rings is 1. The summed E-state index contributed by atoms with van der Waals surface area (Å²) in [5.41, 5.74) is 3.50. The standard InChI is InChI=1S/C25H26FN7O2/c1-25(23-30-22(35-31-23)17-12-19(17)26)7-10-32(11-8-25)24(34)29-21-15(13-27)4-2-5-16(21)18-14-28-33-9-3-6-20(18)33/h2,4-5,14,17,19H,3,6-12H2,1H3,(H,29,34)/t17-,19+/m1/s1. The molecular formula is C25H26FN7O2. The van der Waals surface area contributed by atoms with Crippen LogP contribution in [-0.4, -0.2) is 50.1 Å². The van der Waals surface area contributed by atoms with Gasteiger partial charge in [-0.25, -0.2) is 9.18 Å². The summed E-state index contributed by atoms with van der Waals surface area (Å²) in [6.45, 7) is 3.96. The maximum Gasteiger partial charge on any atom is 0.321 e. The van der Waals surface area contributed by atoms with E-state index in [4.69, 9.17) is 4.52 Å². The summed E-state index contributed by atoms with van der Waals surface area (Å²) in [5, 5.41) is 21.3. The van der Waals surface area contributed by atoms with Crippen molar-refractivity contribution in [1.29, 1.82) is 5.26 Å². The Bertz CT molecular complexity index is 1330. The maximum absolute atomic E-state index is 13.4. The Hall–Kier alpha value is -3.74. The highest BCUT2D eigenvalue weighted by Gasteiger charge is 2.45. The van der Waals surface area contributed by atoms with Crippen molar-refractivity contribution in [3.05, 3.63) is 47.4 Å². The molecule has 2 fully saturated rings. The van der Waals surface area contributed by atoms with Gasteiger partial charge in [0.25, 0.3) is 0 Å². The molecule has 3 aliphatic rings. The molecule has 1 aromatic carbocycles. The lowest BCUT2D eigenvalue weighted by Crippen LogP contribution is -2.46. The number of halogens is 1. The number of carbonyl (C=O) groups is 1. The zero-order valence-electron chi connectivity index (χ0n) is 19.5. The fourth-order valence-electron chi connectivity index (χ4n) is 5.16. The Morgan fingerprint density at radius 2 is 2.09 bits per heavy atom. The predicted molar refractivity (Wildman–Crippen MR) is 124 cm³/mol. The number of fused-ring (bicyclic) bond motifs is 1. The summed E-state index contributed by atoms with van der Waals surface area (Å²) in [7, 11) is 0. The van der Waals surface area contributed by atoms with Gasteiger partial charge in [0.15, 0.2) is 5.82 Å². The molecule has 6 rings (SSSR count). The third-order valence-electron chi connectivity index (χ3n) is 7.60. The van der Waals surface area contributed by atoms with E-state index >= 15 is 0 Å². The number of nitrogens with zero attached hydrogens (tertiary/aromatic N) is 6. The highest BCUT2D eigenvalue weighted by atomic mass is 19.1. The fraction of sp³-hybridized carbons (Fsp3) is 0.480. The van der Waals surface area contributed by atoms with Crippen molar-refractivity contribution in [2.75, 3.05) is 18.4 Å². The number of amides is 2. The third-order valence-corrected chi connectivity index (χ3v) is 7.60. The lowest BCUT2D eigenvalue weighted by molar-refractivity contribution is 0.169. The van der Waals surface area contributed by atoms with Gasteiger partial charge >= 0.3 is 6.03 Å². The summed E-state index contributed by atoms with van der Waals surface area (Å²) >= 11 is 0. The average molecular weight is 476 g/mol. The number of hydrogen-bond acceptors (Lipinski definition) is 6. The smallest absolute Gasteiger partial charge is 0.321 e. The first-order chi connectivity index (χ1) is 17.0. The van der Waals surface area contributed by atoms with Crippen molar-refractivity contribution in [3.63, 3.8) is 0 Å². The van der Waals surface area contributed by atoms with E-state index in [2.05, 4.69) is 33.5 Å². The predicted octanol–water partition coefficient (Wildman–Crippen LogP) is 4.16. The molecule has 0 radical (unpaired) electrons. The van der Waals surface area contributed by atoms with Crippen molar-refractivity contribution in [1.82, 2.24) is 24.8 Å². The molecule has 2 aliphatic heterocycles. The molecule has 0 spiro atoms. The first-order valence-corrected chi connectivity index (χ1v) is 12.1. The highest BCUT2D eigenvalue weighted by molar-refractivity contribution is 5.97. The minimum absolute atomic E-state index is 0.244. The number of hydrogen-bond donors (Lipinski definition) is 1. The second-order valence-corrected chi connectivity index (χ2v) is 9.96. The van der Waals surface area contributed by atoms with Gasteiger partial charge in [-0.1, -0.05) is 24.2 Å². The molecule has 4 heterocycles. The largest absolute Gasteiger partial charge is 0.339 e. The number of nitriles is 1. The quantitative estimate of drug-likeness (QED) is 0.606. The van der Waals surface area contributed by atoms with Gasteiger partial charge in [-0.15, -0.1) is 0 Å². The van der Waals surface area contributed by atoms with Crippen LogP contribution in [0.25, 0.3) is 11.1 Å². The molecule has 1 N–H and O–H groups in total. The van der Waals surface area contributed by atoms with E-state index in [0.717, 1.165) is 36.2 Å². The van der Waals surface area contributed by atoms with Crippen LogP contribution in [0.5, 0.6) is 0 Å². The van der Waals surface area contributed by atoms with E-state index in [1.54, 1.807) is 11.0 Å². The Morgan fingerprint density at radius 3 is 2.83 bits per heavy atom. The molecule has 0 unspecified atom stereocenters. The van der Waals surface area contributed by atoms with Crippen LogP contribution in [-0.2, 0) is 18.4 Å². The van der Waals surface area contributed by atoms with E-state index in [0.29, 0.717) is 55.3 Å². The van der Waals surface area contributed by atoms with Gasteiger partial charge in [0, 0.05) is 41.9 Å². The molecule has 35 heavy (non-hydrogen) atoms. The Morgan fingerprint density at radius 1 is 1.29 bits per heavy atom. The average Bonchev–Trinajstić information content (AvgIpc) is 3.28. The van der Waals surface area contributed by atoms with Gasteiger partial charge in [-0.3, -0.25) is 4.68 Å². The molecule has 1 saturated heterocycles. The number of aromatic nitrogens is 4. The molecule has 0 bridgehead atoms. The first-order valence-electron chi connectivity index (χ1n) is 12.1. The Labute approximate surface area is 201 Å². The fourth-order valence-corrected chi connectivity index (χ4v) is 5.16.